The molecule has 2 aromatic rings. The molecule has 0 saturated carbocycles. The highest BCUT2D eigenvalue weighted by atomic mass is 16.5. The first-order valence-corrected chi connectivity index (χ1v) is 7.75. The van der Waals surface area contributed by atoms with Crippen LogP contribution < -0.4 is 15.0 Å². The molecule has 0 heterocycles. The molecule has 4 heteroatoms. The summed E-state index contributed by atoms with van der Waals surface area (Å²) >= 11 is 0. The van der Waals surface area contributed by atoms with Gasteiger partial charge < -0.3 is 15.0 Å². The third kappa shape index (κ3) is 5.06. The second-order valence-corrected chi connectivity index (χ2v) is 5.51. The summed E-state index contributed by atoms with van der Waals surface area (Å²) in [7, 11) is 5.59. The average Bonchev–Trinajstić information content (AvgIpc) is 2.59. The van der Waals surface area contributed by atoms with Crippen molar-refractivity contribution in [2.45, 2.75) is 6.42 Å². The van der Waals surface area contributed by atoms with Crippen molar-refractivity contribution in [3.05, 3.63) is 59.7 Å². The van der Waals surface area contributed by atoms with E-state index in [9.17, 15) is 4.79 Å². The first-order valence-electron chi connectivity index (χ1n) is 7.75. The normalized spacial score (nSPS) is 9.62. The third-order valence-electron chi connectivity index (χ3n) is 3.51. The Morgan fingerprint density at radius 1 is 1.12 bits per heavy atom. The molecular weight excluding hydrogens is 300 g/mol. The second-order valence-electron chi connectivity index (χ2n) is 5.51. The maximum atomic E-state index is 11.9. The van der Waals surface area contributed by atoms with Gasteiger partial charge in [0.2, 0.25) is 5.91 Å². The van der Waals surface area contributed by atoms with Gasteiger partial charge in [-0.3, -0.25) is 4.79 Å². The van der Waals surface area contributed by atoms with E-state index in [1.165, 1.54) is 0 Å². The summed E-state index contributed by atoms with van der Waals surface area (Å²) in [6, 6.07) is 15.4. The van der Waals surface area contributed by atoms with Crippen molar-refractivity contribution in [3.8, 4) is 17.6 Å². The summed E-state index contributed by atoms with van der Waals surface area (Å²) < 4.78 is 5.10. The second kappa shape index (κ2) is 8.64. The zero-order valence-electron chi connectivity index (χ0n) is 14.3. The van der Waals surface area contributed by atoms with Gasteiger partial charge in [-0.15, -0.1) is 0 Å². The molecule has 24 heavy (non-hydrogen) atoms. The van der Waals surface area contributed by atoms with Gasteiger partial charge in [0.15, 0.2) is 0 Å². The summed E-state index contributed by atoms with van der Waals surface area (Å²) in [5.74, 6) is 6.85. The molecule has 4 nitrogen and oxygen atoms in total. The van der Waals surface area contributed by atoms with Crippen LogP contribution in [0.1, 0.15) is 11.1 Å². The number of amides is 1. The molecule has 0 aliphatic carbocycles. The highest BCUT2D eigenvalue weighted by molar-refractivity contribution is 5.78. The first-order chi connectivity index (χ1) is 11.6. The Balaban J connectivity index is 1.87. The van der Waals surface area contributed by atoms with E-state index in [0.717, 1.165) is 22.6 Å². The van der Waals surface area contributed by atoms with E-state index in [-0.39, 0.29) is 5.91 Å². The van der Waals surface area contributed by atoms with E-state index in [1.807, 2.05) is 67.5 Å². The Labute approximate surface area is 143 Å². The smallest absolute Gasteiger partial charge is 0.225 e. The van der Waals surface area contributed by atoms with Gasteiger partial charge in [0, 0.05) is 19.7 Å². The van der Waals surface area contributed by atoms with Gasteiger partial charge in [-0.25, -0.2) is 0 Å². The fourth-order valence-electron chi connectivity index (χ4n) is 2.24. The minimum absolute atomic E-state index is 0.0460. The van der Waals surface area contributed by atoms with Crippen LogP contribution in [0.3, 0.4) is 0 Å². The van der Waals surface area contributed by atoms with E-state index in [4.69, 9.17) is 4.74 Å². The molecule has 0 saturated heterocycles. The number of hydrogen-bond acceptors (Lipinski definition) is 3. The Morgan fingerprint density at radius 3 is 2.50 bits per heavy atom. The van der Waals surface area contributed by atoms with Gasteiger partial charge in [0.25, 0.3) is 0 Å². The topological polar surface area (TPSA) is 41.6 Å². The Kier molecular flexibility index (Phi) is 6.27. The predicted octanol–water partition coefficient (Wildman–Crippen LogP) is 2.47. The van der Waals surface area contributed by atoms with Gasteiger partial charge >= 0.3 is 0 Å². The number of rotatable bonds is 5. The molecule has 124 valence electrons. The van der Waals surface area contributed by atoms with Gasteiger partial charge in [-0.1, -0.05) is 36.1 Å². The van der Waals surface area contributed by atoms with Crippen molar-refractivity contribution in [1.29, 1.82) is 0 Å². The highest BCUT2D eigenvalue weighted by Crippen LogP contribution is 2.16. The number of anilines is 1. The van der Waals surface area contributed by atoms with Crippen LogP contribution in [0.5, 0.6) is 5.75 Å². The lowest BCUT2D eigenvalue weighted by atomic mass is 10.1. The molecule has 0 radical (unpaired) electrons. The molecule has 0 fully saturated rings. The average molecular weight is 322 g/mol. The molecule has 2 aromatic carbocycles. The largest absolute Gasteiger partial charge is 0.497 e. The molecule has 1 amide bonds. The van der Waals surface area contributed by atoms with Crippen LogP contribution in [0.2, 0.25) is 0 Å². The maximum Gasteiger partial charge on any atom is 0.225 e. The van der Waals surface area contributed by atoms with Crippen LogP contribution in [-0.2, 0) is 11.2 Å². The summed E-state index contributed by atoms with van der Waals surface area (Å²) in [5.41, 5.74) is 2.96. The standard InChI is InChI=1S/C20H22N2O2/c1-22(2)19-9-5-4-7-17(19)8-6-14-21-20(23)15-16-10-12-18(24-3)13-11-16/h4-5,7,9-13H,14-15H2,1-3H3,(H,21,23). The van der Waals surface area contributed by atoms with E-state index in [1.54, 1.807) is 7.11 Å². The van der Waals surface area contributed by atoms with E-state index in [0.29, 0.717) is 13.0 Å². The maximum absolute atomic E-state index is 11.9. The number of hydrogen-bond donors (Lipinski definition) is 1. The zero-order valence-corrected chi connectivity index (χ0v) is 14.3. The minimum atomic E-state index is -0.0460. The minimum Gasteiger partial charge on any atom is -0.497 e. The van der Waals surface area contributed by atoms with E-state index >= 15 is 0 Å². The monoisotopic (exact) mass is 322 g/mol. The number of carbonyl (C=O) groups is 1. The molecule has 0 aliphatic heterocycles. The van der Waals surface area contributed by atoms with Crippen LogP contribution in [0, 0.1) is 11.8 Å². The number of nitrogens with one attached hydrogen (secondary N) is 1. The number of benzene rings is 2. The van der Waals surface area contributed by atoms with Crippen molar-refractivity contribution in [2.75, 3.05) is 32.6 Å². The van der Waals surface area contributed by atoms with Gasteiger partial charge in [0.1, 0.15) is 5.75 Å². The summed E-state index contributed by atoms with van der Waals surface area (Å²) in [4.78, 5) is 14.0. The lowest BCUT2D eigenvalue weighted by molar-refractivity contribution is -0.120. The molecule has 0 atom stereocenters. The number of para-hydroxylation sites is 1. The van der Waals surface area contributed by atoms with E-state index < -0.39 is 0 Å². The van der Waals surface area contributed by atoms with Crippen molar-refractivity contribution in [3.63, 3.8) is 0 Å². The van der Waals surface area contributed by atoms with Crippen LogP contribution >= 0.6 is 0 Å². The van der Waals surface area contributed by atoms with Gasteiger partial charge in [0.05, 0.1) is 25.8 Å². The molecule has 2 rings (SSSR count). The fourth-order valence-corrected chi connectivity index (χ4v) is 2.24. The molecule has 0 unspecified atom stereocenters. The van der Waals surface area contributed by atoms with Crippen molar-refractivity contribution < 1.29 is 9.53 Å². The first kappa shape index (κ1) is 17.4. The Hall–Kier alpha value is -2.93. The lowest BCUT2D eigenvalue weighted by Gasteiger charge is -2.13. The van der Waals surface area contributed by atoms with Crippen molar-refractivity contribution in [2.24, 2.45) is 0 Å². The number of methoxy groups -OCH3 is 1. The van der Waals surface area contributed by atoms with Crippen LogP contribution in [0.25, 0.3) is 0 Å². The zero-order chi connectivity index (χ0) is 17.4. The fraction of sp³-hybridized carbons (Fsp3) is 0.250. The highest BCUT2D eigenvalue weighted by Gasteiger charge is 2.03. The van der Waals surface area contributed by atoms with Crippen molar-refractivity contribution in [1.82, 2.24) is 5.32 Å². The number of ether oxygens (including phenoxy) is 1. The summed E-state index contributed by atoms with van der Waals surface area (Å²) in [5, 5.41) is 2.82. The summed E-state index contributed by atoms with van der Waals surface area (Å²) in [6.45, 7) is 0.330. The van der Waals surface area contributed by atoms with Crippen LogP contribution in [-0.4, -0.2) is 33.7 Å². The van der Waals surface area contributed by atoms with Gasteiger partial charge in [-0.05, 0) is 29.8 Å². The quantitative estimate of drug-likeness (QED) is 0.860. The Morgan fingerprint density at radius 2 is 1.83 bits per heavy atom. The van der Waals surface area contributed by atoms with E-state index in [2.05, 4.69) is 17.2 Å². The molecule has 0 aromatic heterocycles. The van der Waals surface area contributed by atoms with Crippen LogP contribution in [0.15, 0.2) is 48.5 Å². The molecular formula is C20H22N2O2. The summed E-state index contributed by atoms with van der Waals surface area (Å²) in [6.07, 6.45) is 0.333. The molecule has 0 spiro atoms. The number of carbonyl (C=O) groups excluding carboxylic acids is 1. The number of nitrogens with zero attached hydrogens (tertiary/aromatic N) is 1. The molecule has 1 N–H and O–H groups in total. The Bertz CT molecular complexity index is 740. The lowest BCUT2D eigenvalue weighted by Crippen LogP contribution is -2.25. The van der Waals surface area contributed by atoms with Crippen molar-refractivity contribution >= 4 is 11.6 Å². The van der Waals surface area contributed by atoms with Crippen LogP contribution in [0.4, 0.5) is 5.69 Å². The van der Waals surface area contributed by atoms with Gasteiger partial charge in [-0.2, -0.15) is 0 Å². The predicted molar refractivity (Wildman–Crippen MR) is 97.4 cm³/mol. The molecule has 0 bridgehead atoms. The third-order valence-corrected chi connectivity index (χ3v) is 3.51. The SMILES string of the molecule is COc1ccc(CC(=O)NCC#Cc2ccccc2N(C)C)cc1. The molecule has 0 aliphatic rings.